The molecule has 1 aliphatic rings. The standard InChI is InChI=1S/C26H28F2N6O2/c1-16-12-19(27)20(31-25(35)18-14-29-34(23(18)28)26(2,3)4)13-17(16)21-15-33-7-5-6-22(33)24(30-21)32-8-10-36-11-9-32/h5-7,12-15H,8-11H2,1-4H3,(H,31,35). The van der Waals surface area contributed by atoms with Crippen LogP contribution in [0.5, 0.6) is 0 Å². The van der Waals surface area contributed by atoms with Gasteiger partial charge in [-0.25, -0.2) is 14.1 Å². The molecule has 10 heteroatoms. The number of amides is 1. The Labute approximate surface area is 207 Å². The van der Waals surface area contributed by atoms with Gasteiger partial charge in [0.2, 0.25) is 5.95 Å². The lowest BCUT2D eigenvalue weighted by Crippen LogP contribution is -2.37. The van der Waals surface area contributed by atoms with Crippen molar-refractivity contribution in [3.8, 4) is 11.3 Å². The highest BCUT2D eigenvalue weighted by molar-refractivity contribution is 6.04. The fourth-order valence-corrected chi connectivity index (χ4v) is 4.35. The first-order valence-corrected chi connectivity index (χ1v) is 11.8. The highest BCUT2D eigenvalue weighted by atomic mass is 19.1. The maximum Gasteiger partial charge on any atom is 0.262 e. The Hall–Kier alpha value is -3.79. The molecule has 1 amide bonds. The summed E-state index contributed by atoms with van der Waals surface area (Å²) in [5.74, 6) is -1.36. The van der Waals surface area contributed by atoms with Gasteiger partial charge in [0, 0.05) is 31.0 Å². The third kappa shape index (κ3) is 4.32. The number of carbonyl (C=O) groups is 1. The molecule has 3 aromatic heterocycles. The molecule has 0 atom stereocenters. The molecule has 5 rings (SSSR count). The summed E-state index contributed by atoms with van der Waals surface area (Å²) in [7, 11) is 0. The summed E-state index contributed by atoms with van der Waals surface area (Å²) < 4.78 is 38.4. The molecule has 1 N–H and O–H groups in total. The third-order valence-corrected chi connectivity index (χ3v) is 6.24. The monoisotopic (exact) mass is 494 g/mol. The topological polar surface area (TPSA) is 76.7 Å². The summed E-state index contributed by atoms with van der Waals surface area (Å²) in [6.45, 7) is 9.78. The molecule has 0 radical (unpaired) electrons. The number of rotatable bonds is 4. The van der Waals surface area contributed by atoms with Crippen molar-refractivity contribution >= 4 is 22.9 Å². The smallest absolute Gasteiger partial charge is 0.262 e. The number of benzene rings is 1. The van der Waals surface area contributed by atoms with E-state index in [9.17, 15) is 13.6 Å². The zero-order valence-electron chi connectivity index (χ0n) is 20.7. The van der Waals surface area contributed by atoms with Crippen LogP contribution in [0.2, 0.25) is 0 Å². The van der Waals surface area contributed by atoms with Crippen LogP contribution in [-0.4, -0.2) is 51.4 Å². The van der Waals surface area contributed by atoms with Gasteiger partial charge in [0.05, 0.1) is 41.8 Å². The number of ether oxygens (including phenoxy) is 1. The fraction of sp³-hybridized carbons (Fsp3) is 0.346. The number of morpholine rings is 1. The number of anilines is 2. The van der Waals surface area contributed by atoms with Crippen molar-refractivity contribution in [3.05, 3.63) is 65.7 Å². The summed E-state index contributed by atoms with van der Waals surface area (Å²) in [5.41, 5.74) is 1.93. The van der Waals surface area contributed by atoms with Gasteiger partial charge >= 0.3 is 0 Å². The van der Waals surface area contributed by atoms with E-state index < -0.39 is 23.2 Å². The summed E-state index contributed by atoms with van der Waals surface area (Å²) >= 11 is 0. The van der Waals surface area contributed by atoms with Crippen LogP contribution in [0.25, 0.3) is 16.8 Å². The maximum absolute atomic E-state index is 14.9. The number of nitrogens with one attached hydrogen (secondary N) is 1. The minimum Gasteiger partial charge on any atom is -0.378 e. The van der Waals surface area contributed by atoms with E-state index in [-0.39, 0.29) is 11.3 Å². The van der Waals surface area contributed by atoms with Crippen molar-refractivity contribution in [3.63, 3.8) is 0 Å². The molecule has 0 bridgehead atoms. The van der Waals surface area contributed by atoms with Crippen molar-refractivity contribution in [1.82, 2.24) is 19.2 Å². The van der Waals surface area contributed by atoms with Crippen molar-refractivity contribution in [2.24, 2.45) is 0 Å². The van der Waals surface area contributed by atoms with Crippen LogP contribution in [-0.2, 0) is 10.3 Å². The van der Waals surface area contributed by atoms with Crippen LogP contribution in [0.15, 0.2) is 42.9 Å². The molecule has 8 nitrogen and oxygen atoms in total. The first-order chi connectivity index (χ1) is 17.1. The third-order valence-electron chi connectivity index (χ3n) is 6.24. The molecule has 0 unspecified atom stereocenters. The van der Waals surface area contributed by atoms with Crippen molar-refractivity contribution in [2.45, 2.75) is 33.2 Å². The van der Waals surface area contributed by atoms with Crippen LogP contribution < -0.4 is 10.2 Å². The van der Waals surface area contributed by atoms with Crippen LogP contribution in [0.3, 0.4) is 0 Å². The number of halogens is 2. The lowest BCUT2D eigenvalue weighted by atomic mass is 10.0. The van der Waals surface area contributed by atoms with Crippen molar-refractivity contribution < 1.29 is 18.3 Å². The number of carbonyl (C=O) groups excluding carboxylic acids is 1. The van der Waals surface area contributed by atoms with E-state index in [1.54, 1.807) is 27.7 Å². The van der Waals surface area contributed by atoms with E-state index in [4.69, 9.17) is 9.72 Å². The molecular formula is C26H28F2N6O2. The lowest BCUT2D eigenvalue weighted by molar-refractivity contribution is 0.102. The Morgan fingerprint density at radius 2 is 1.92 bits per heavy atom. The van der Waals surface area contributed by atoms with Gasteiger partial charge in [-0.1, -0.05) is 0 Å². The number of hydrogen-bond acceptors (Lipinski definition) is 5. The first kappa shape index (κ1) is 23.9. The van der Waals surface area contributed by atoms with Crippen LogP contribution in [0.4, 0.5) is 20.3 Å². The summed E-state index contributed by atoms with van der Waals surface area (Å²) in [6.07, 6.45) is 4.96. The molecule has 1 fully saturated rings. The normalized spacial score (nSPS) is 14.4. The molecule has 36 heavy (non-hydrogen) atoms. The second-order valence-corrected chi connectivity index (χ2v) is 9.88. The van der Waals surface area contributed by atoms with Gasteiger partial charge in [0.1, 0.15) is 11.4 Å². The van der Waals surface area contributed by atoms with Gasteiger partial charge in [-0.3, -0.25) is 4.79 Å². The van der Waals surface area contributed by atoms with Gasteiger partial charge in [0.15, 0.2) is 5.82 Å². The van der Waals surface area contributed by atoms with Crippen molar-refractivity contribution in [1.29, 1.82) is 0 Å². The molecule has 1 aliphatic heterocycles. The second kappa shape index (κ2) is 9.02. The first-order valence-electron chi connectivity index (χ1n) is 11.8. The van der Waals surface area contributed by atoms with Gasteiger partial charge in [-0.05, 0) is 57.5 Å². The van der Waals surface area contributed by atoms with Gasteiger partial charge in [-0.2, -0.15) is 9.49 Å². The second-order valence-electron chi connectivity index (χ2n) is 9.88. The lowest BCUT2D eigenvalue weighted by Gasteiger charge is -2.29. The van der Waals surface area contributed by atoms with E-state index in [0.717, 1.165) is 35.3 Å². The Kier molecular flexibility index (Phi) is 5.99. The molecule has 4 aromatic rings. The number of aromatic nitrogens is 4. The quantitative estimate of drug-likeness (QED) is 0.448. The van der Waals surface area contributed by atoms with Gasteiger partial charge in [-0.15, -0.1) is 0 Å². The van der Waals surface area contributed by atoms with Crippen LogP contribution in [0, 0.1) is 18.7 Å². The Morgan fingerprint density at radius 3 is 2.61 bits per heavy atom. The molecule has 188 valence electrons. The SMILES string of the molecule is Cc1cc(F)c(NC(=O)c2cnn(C(C)(C)C)c2F)cc1-c1cn2cccc2c(N2CCOCC2)n1. The number of aryl methyl sites for hydroxylation is 1. The number of fused-ring (bicyclic) bond motifs is 1. The summed E-state index contributed by atoms with van der Waals surface area (Å²) in [5, 5.41) is 6.50. The Bertz CT molecular complexity index is 1450. The average Bonchev–Trinajstić information content (AvgIpc) is 3.47. The van der Waals surface area contributed by atoms with Crippen LogP contribution in [0.1, 0.15) is 36.7 Å². The van der Waals surface area contributed by atoms with E-state index in [1.807, 2.05) is 28.9 Å². The number of hydrogen-bond donors (Lipinski definition) is 1. The predicted molar refractivity (Wildman–Crippen MR) is 133 cm³/mol. The molecule has 0 aliphatic carbocycles. The minimum absolute atomic E-state index is 0.0640. The van der Waals surface area contributed by atoms with Crippen LogP contribution >= 0.6 is 0 Å². The Balaban J connectivity index is 1.52. The number of nitrogens with zero attached hydrogens (tertiary/aromatic N) is 5. The molecule has 0 spiro atoms. The van der Waals surface area contributed by atoms with Gasteiger partial charge < -0.3 is 19.4 Å². The largest absolute Gasteiger partial charge is 0.378 e. The highest BCUT2D eigenvalue weighted by Crippen LogP contribution is 2.32. The molecule has 1 saturated heterocycles. The zero-order chi connectivity index (χ0) is 25.6. The zero-order valence-corrected chi connectivity index (χ0v) is 20.7. The Morgan fingerprint density at radius 1 is 1.17 bits per heavy atom. The summed E-state index contributed by atoms with van der Waals surface area (Å²) in [6, 6.07) is 6.82. The molecular weight excluding hydrogens is 466 g/mol. The average molecular weight is 495 g/mol. The van der Waals surface area contributed by atoms with E-state index in [0.29, 0.717) is 30.0 Å². The summed E-state index contributed by atoms with van der Waals surface area (Å²) in [4.78, 5) is 19.9. The molecule has 1 aromatic carbocycles. The van der Waals surface area contributed by atoms with E-state index in [1.165, 1.54) is 12.1 Å². The minimum atomic E-state index is -0.778. The molecule has 0 saturated carbocycles. The van der Waals surface area contributed by atoms with Crippen molar-refractivity contribution in [2.75, 3.05) is 36.5 Å². The van der Waals surface area contributed by atoms with Gasteiger partial charge in [0.25, 0.3) is 5.91 Å². The fourth-order valence-electron chi connectivity index (χ4n) is 4.35. The predicted octanol–water partition coefficient (Wildman–Crippen LogP) is 4.63. The molecule has 4 heterocycles. The maximum atomic E-state index is 14.9. The highest BCUT2D eigenvalue weighted by Gasteiger charge is 2.25. The van der Waals surface area contributed by atoms with E-state index >= 15 is 0 Å². The van der Waals surface area contributed by atoms with E-state index in [2.05, 4.69) is 15.3 Å².